The molecule has 6 nitrogen and oxygen atoms in total. The van der Waals surface area contributed by atoms with Crippen LogP contribution in [0.2, 0.25) is 0 Å². The number of aliphatic hydroxyl groups is 1. The number of aliphatic hydroxyl groups excluding tert-OH is 1. The molecule has 0 aliphatic heterocycles. The zero-order chi connectivity index (χ0) is 11.4. The number of aldehydes is 1. The minimum Gasteiger partial charge on any atom is -0.394 e. The van der Waals surface area contributed by atoms with Gasteiger partial charge in [0, 0.05) is 0 Å². The molecule has 0 spiro atoms. The summed E-state index contributed by atoms with van der Waals surface area (Å²) >= 11 is 0. The fourth-order valence-corrected chi connectivity index (χ4v) is 0.711. The summed E-state index contributed by atoms with van der Waals surface area (Å²) in [5.74, 6) is -0.582. The van der Waals surface area contributed by atoms with Crippen LogP contribution in [-0.4, -0.2) is 63.4 Å². The third-order valence-corrected chi connectivity index (χ3v) is 1.36. The highest BCUT2D eigenvalue weighted by Gasteiger charge is 1.97. The third-order valence-electron chi connectivity index (χ3n) is 1.36. The van der Waals surface area contributed by atoms with Crippen LogP contribution in [-0.2, 0) is 23.8 Å². The molecule has 0 aromatic rings. The van der Waals surface area contributed by atoms with Crippen molar-refractivity contribution in [3.63, 3.8) is 0 Å². The third kappa shape index (κ3) is 11.1. The van der Waals surface area contributed by atoms with Crippen LogP contribution in [0.25, 0.3) is 0 Å². The molecule has 0 saturated carbocycles. The fraction of sp³-hybridized carbons (Fsp3) is 0.778. The Balaban J connectivity index is 2.98. The van der Waals surface area contributed by atoms with Gasteiger partial charge < -0.3 is 19.3 Å². The molecule has 0 saturated heterocycles. The normalized spacial score (nSPS) is 10.2. The van der Waals surface area contributed by atoms with Crippen molar-refractivity contribution >= 4 is 12.1 Å². The van der Waals surface area contributed by atoms with Gasteiger partial charge in [0.05, 0.1) is 39.6 Å². The van der Waals surface area contributed by atoms with E-state index >= 15 is 0 Å². The van der Waals surface area contributed by atoms with E-state index in [-0.39, 0.29) is 26.1 Å². The molecular weight excluding hydrogens is 204 g/mol. The number of ketones is 1. The predicted octanol–water partition coefficient (Wildman–Crippen LogP) is -1.20. The van der Waals surface area contributed by atoms with Crippen LogP contribution >= 0.6 is 0 Å². The number of carbonyl (C=O) groups excluding carboxylic acids is 2. The number of hydrogen-bond donors (Lipinski definition) is 1. The Bertz CT molecular complexity index is 170. The van der Waals surface area contributed by atoms with E-state index < -0.39 is 5.78 Å². The largest absolute Gasteiger partial charge is 0.394 e. The highest BCUT2D eigenvalue weighted by molar-refractivity contribution is 6.25. The molecule has 0 aromatic heterocycles. The standard InChI is InChI=1S/C9H16O6/c10-1-2-13-3-4-14-5-6-15-8-9(12)7-11/h7,10H,1-6,8H2. The molecule has 0 unspecified atom stereocenters. The Hall–Kier alpha value is -0.820. The summed E-state index contributed by atoms with van der Waals surface area (Å²) in [6, 6.07) is 0. The molecule has 0 rings (SSSR count). The van der Waals surface area contributed by atoms with Crippen LogP contribution in [0.3, 0.4) is 0 Å². The maximum Gasteiger partial charge on any atom is 0.220 e. The Morgan fingerprint density at radius 2 is 1.53 bits per heavy atom. The van der Waals surface area contributed by atoms with Crippen LogP contribution in [0.1, 0.15) is 0 Å². The van der Waals surface area contributed by atoms with Gasteiger partial charge in [-0.1, -0.05) is 0 Å². The zero-order valence-electron chi connectivity index (χ0n) is 8.52. The monoisotopic (exact) mass is 220 g/mol. The molecule has 15 heavy (non-hydrogen) atoms. The Morgan fingerprint density at radius 1 is 1.00 bits per heavy atom. The van der Waals surface area contributed by atoms with E-state index in [0.29, 0.717) is 26.4 Å². The average Bonchev–Trinajstić information content (AvgIpc) is 2.26. The smallest absolute Gasteiger partial charge is 0.220 e. The fourth-order valence-electron chi connectivity index (χ4n) is 0.711. The van der Waals surface area contributed by atoms with Gasteiger partial charge in [-0.15, -0.1) is 0 Å². The van der Waals surface area contributed by atoms with E-state index in [9.17, 15) is 9.59 Å². The summed E-state index contributed by atoms with van der Waals surface area (Å²) in [5.41, 5.74) is 0. The maximum absolute atomic E-state index is 10.4. The molecular formula is C9H16O6. The molecule has 0 aliphatic carbocycles. The topological polar surface area (TPSA) is 82.1 Å². The zero-order valence-corrected chi connectivity index (χ0v) is 8.52. The van der Waals surface area contributed by atoms with E-state index in [1.165, 1.54) is 0 Å². The quantitative estimate of drug-likeness (QED) is 0.267. The van der Waals surface area contributed by atoms with Crippen molar-refractivity contribution in [2.24, 2.45) is 0 Å². The molecule has 0 radical (unpaired) electrons. The van der Waals surface area contributed by atoms with Crippen molar-refractivity contribution in [3.8, 4) is 0 Å². The molecule has 0 aliphatic rings. The summed E-state index contributed by atoms with van der Waals surface area (Å²) in [7, 11) is 0. The Labute approximate surface area is 88.1 Å². The number of ether oxygens (including phenoxy) is 3. The van der Waals surface area contributed by atoms with Gasteiger partial charge >= 0.3 is 0 Å². The van der Waals surface area contributed by atoms with E-state index in [1.807, 2.05) is 0 Å². The number of hydrogen-bond acceptors (Lipinski definition) is 6. The van der Waals surface area contributed by atoms with Gasteiger partial charge in [0.15, 0.2) is 6.29 Å². The molecule has 1 N–H and O–H groups in total. The second-order valence-electron chi connectivity index (χ2n) is 2.59. The Kier molecular flexibility index (Phi) is 10.6. The first-order chi connectivity index (χ1) is 7.31. The molecule has 0 aromatic carbocycles. The van der Waals surface area contributed by atoms with Gasteiger partial charge in [-0.25, -0.2) is 0 Å². The van der Waals surface area contributed by atoms with E-state index in [2.05, 4.69) is 0 Å². The van der Waals surface area contributed by atoms with Crippen LogP contribution in [0.4, 0.5) is 0 Å². The van der Waals surface area contributed by atoms with Crippen molar-refractivity contribution < 1.29 is 28.9 Å². The van der Waals surface area contributed by atoms with Gasteiger partial charge in [-0.05, 0) is 0 Å². The average molecular weight is 220 g/mol. The van der Waals surface area contributed by atoms with Gasteiger partial charge in [0.1, 0.15) is 6.61 Å². The first-order valence-corrected chi connectivity index (χ1v) is 4.63. The van der Waals surface area contributed by atoms with Crippen molar-refractivity contribution in [2.75, 3.05) is 46.2 Å². The molecule has 0 bridgehead atoms. The van der Waals surface area contributed by atoms with Crippen molar-refractivity contribution in [1.82, 2.24) is 0 Å². The van der Waals surface area contributed by atoms with Crippen LogP contribution in [0.15, 0.2) is 0 Å². The van der Waals surface area contributed by atoms with Gasteiger partial charge in [-0.2, -0.15) is 0 Å². The molecule has 88 valence electrons. The maximum atomic E-state index is 10.4. The summed E-state index contributed by atoms with van der Waals surface area (Å²) in [4.78, 5) is 20.3. The van der Waals surface area contributed by atoms with E-state index in [4.69, 9.17) is 19.3 Å². The van der Waals surface area contributed by atoms with Gasteiger partial charge in [0.2, 0.25) is 5.78 Å². The van der Waals surface area contributed by atoms with E-state index in [1.54, 1.807) is 0 Å². The minimum atomic E-state index is -0.582. The molecule has 0 amide bonds. The number of Topliss-reactive ketones (excluding diaryl/α,β-unsaturated/α-hetero) is 1. The molecule has 0 fully saturated rings. The lowest BCUT2D eigenvalue weighted by molar-refractivity contribution is -0.133. The summed E-state index contributed by atoms with van der Waals surface area (Å²) in [5, 5.41) is 8.37. The highest BCUT2D eigenvalue weighted by atomic mass is 16.5. The second-order valence-corrected chi connectivity index (χ2v) is 2.59. The summed E-state index contributed by atoms with van der Waals surface area (Å²) in [6.07, 6.45) is 0.226. The summed E-state index contributed by atoms with van der Waals surface area (Å²) < 4.78 is 14.8. The predicted molar refractivity (Wildman–Crippen MR) is 50.6 cm³/mol. The molecule has 0 atom stereocenters. The first kappa shape index (κ1) is 14.2. The van der Waals surface area contributed by atoms with Gasteiger partial charge in [0.25, 0.3) is 0 Å². The Morgan fingerprint density at radius 3 is 2.07 bits per heavy atom. The van der Waals surface area contributed by atoms with Crippen LogP contribution in [0.5, 0.6) is 0 Å². The summed E-state index contributed by atoms with van der Waals surface area (Å²) in [6.45, 7) is 1.52. The molecule has 6 heteroatoms. The van der Waals surface area contributed by atoms with Gasteiger partial charge in [-0.3, -0.25) is 9.59 Å². The van der Waals surface area contributed by atoms with Crippen molar-refractivity contribution in [2.45, 2.75) is 0 Å². The van der Waals surface area contributed by atoms with Crippen molar-refractivity contribution in [1.29, 1.82) is 0 Å². The van der Waals surface area contributed by atoms with Crippen molar-refractivity contribution in [3.05, 3.63) is 0 Å². The lowest BCUT2D eigenvalue weighted by atomic mass is 10.5. The second kappa shape index (κ2) is 11.3. The molecule has 0 heterocycles. The number of carbonyl (C=O) groups is 2. The SMILES string of the molecule is O=CC(=O)COCCOCCOCCO. The van der Waals surface area contributed by atoms with E-state index in [0.717, 1.165) is 0 Å². The van der Waals surface area contributed by atoms with Crippen LogP contribution < -0.4 is 0 Å². The lowest BCUT2D eigenvalue weighted by Crippen LogP contribution is -2.14. The first-order valence-electron chi connectivity index (χ1n) is 4.63. The van der Waals surface area contributed by atoms with Crippen LogP contribution in [0, 0.1) is 0 Å². The highest BCUT2D eigenvalue weighted by Crippen LogP contribution is 1.81. The number of rotatable bonds is 11. The minimum absolute atomic E-state index is 0.00306. The lowest BCUT2D eigenvalue weighted by Gasteiger charge is -2.04.